The fraction of sp³-hybridized carbons (Fsp3) is 0.111. The Kier molecular flexibility index (Phi) is 3.70. The Hall–Kier alpha value is -2.95. The van der Waals surface area contributed by atoms with E-state index in [2.05, 4.69) is 0 Å². The number of fused-ring (bicyclic) bond motifs is 1. The Morgan fingerprint density at radius 1 is 0.739 bits per heavy atom. The second-order valence-electron chi connectivity index (χ2n) is 5.41. The lowest BCUT2D eigenvalue weighted by Crippen LogP contribution is -2.35. The third kappa shape index (κ3) is 2.40. The summed E-state index contributed by atoms with van der Waals surface area (Å²) in [6.45, 7) is 0. The lowest BCUT2D eigenvalue weighted by molar-refractivity contribution is 0.0944. The highest BCUT2D eigenvalue weighted by Crippen LogP contribution is 2.32. The molecule has 0 atom stereocenters. The summed E-state index contributed by atoms with van der Waals surface area (Å²) < 4.78 is 14.9. The number of Topliss-reactive ketones (excluding diaryl/α,β-unsaturated/α-hetero) is 2. The molecule has 0 aromatic heterocycles. The molecule has 1 aliphatic carbocycles. The fourth-order valence-corrected chi connectivity index (χ4v) is 2.63. The first-order valence-corrected chi connectivity index (χ1v) is 7.13. The maximum Gasteiger partial charge on any atom is 0.215 e. The molecule has 2 aromatic rings. The van der Waals surface area contributed by atoms with Crippen molar-refractivity contribution in [1.29, 1.82) is 0 Å². The Morgan fingerprint density at radius 3 is 1.74 bits per heavy atom. The molecule has 0 radical (unpaired) electrons. The average molecular weight is 310 g/mol. The zero-order valence-electron chi connectivity index (χ0n) is 12.8. The standard InChI is InChI=1S/C18H15FN2O2/c1-20(2)15-16(21(19)12-8-4-3-5-9-12)18(23)14-11-7-6-10-13(14)17(15)22/h3-11H,1-2H3. The summed E-state index contributed by atoms with van der Waals surface area (Å²) in [4.78, 5) is 27.0. The molecular weight excluding hydrogens is 295 g/mol. The summed E-state index contributed by atoms with van der Waals surface area (Å²) >= 11 is 0. The van der Waals surface area contributed by atoms with E-state index in [-0.39, 0.29) is 33.6 Å². The normalized spacial score (nSPS) is 13.9. The van der Waals surface area contributed by atoms with Crippen LogP contribution in [0.5, 0.6) is 0 Å². The van der Waals surface area contributed by atoms with Crippen LogP contribution in [0, 0.1) is 0 Å². The number of carbonyl (C=O) groups is 2. The molecule has 0 spiro atoms. The van der Waals surface area contributed by atoms with Crippen molar-refractivity contribution in [3.8, 4) is 0 Å². The smallest absolute Gasteiger partial charge is 0.215 e. The number of benzene rings is 2. The average Bonchev–Trinajstić information content (AvgIpc) is 2.57. The van der Waals surface area contributed by atoms with Gasteiger partial charge in [-0.1, -0.05) is 46.9 Å². The quantitative estimate of drug-likeness (QED) is 0.816. The Balaban J connectivity index is 2.21. The molecule has 0 aliphatic heterocycles. The molecule has 23 heavy (non-hydrogen) atoms. The molecule has 0 saturated heterocycles. The van der Waals surface area contributed by atoms with Crippen molar-refractivity contribution in [1.82, 2.24) is 4.90 Å². The molecule has 0 fully saturated rings. The van der Waals surface area contributed by atoms with Gasteiger partial charge in [-0.3, -0.25) is 9.59 Å². The second kappa shape index (κ2) is 5.68. The van der Waals surface area contributed by atoms with Gasteiger partial charge < -0.3 is 4.90 Å². The van der Waals surface area contributed by atoms with Crippen molar-refractivity contribution in [2.75, 3.05) is 19.2 Å². The molecular formula is C18H15FN2O2. The minimum absolute atomic E-state index is 0.0417. The SMILES string of the molecule is CN(C)C1=C(N(F)c2ccccc2)C(=O)c2ccccc2C1=O. The topological polar surface area (TPSA) is 40.6 Å². The Morgan fingerprint density at radius 2 is 1.22 bits per heavy atom. The second-order valence-corrected chi connectivity index (χ2v) is 5.41. The van der Waals surface area contributed by atoms with Crippen LogP contribution in [0.2, 0.25) is 0 Å². The van der Waals surface area contributed by atoms with Crippen LogP contribution in [0.15, 0.2) is 66.0 Å². The first kappa shape index (κ1) is 15.0. The van der Waals surface area contributed by atoms with E-state index >= 15 is 0 Å². The van der Waals surface area contributed by atoms with Gasteiger partial charge in [-0.25, -0.2) is 0 Å². The number of hydrogen-bond acceptors (Lipinski definition) is 4. The number of ketones is 2. The van der Waals surface area contributed by atoms with Gasteiger partial charge in [0.2, 0.25) is 11.6 Å². The summed E-state index contributed by atoms with van der Waals surface area (Å²) in [7, 11) is 3.24. The first-order chi connectivity index (χ1) is 11.0. The van der Waals surface area contributed by atoms with Crippen LogP contribution < -0.4 is 5.12 Å². The predicted molar refractivity (Wildman–Crippen MR) is 85.8 cm³/mol. The summed E-state index contributed by atoms with van der Waals surface area (Å²) in [5.74, 6) is -0.867. The number of hydrogen-bond donors (Lipinski definition) is 0. The maximum atomic E-state index is 14.9. The van der Waals surface area contributed by atoms with Crippen LogP contribution in [0.25, 0.3) is 0 Å². The molecule has 4 nitrogen and oxygen atoms in total. The van der Waals surface area contributed by atoms with Crippen LogP contribution in [0.3, 0.4) is 0 Å². The van der Waals surface area contributed by atoms with Gasteiger partial charge in [-0.05, 0) is 12.1 Å². The fourth-order valence-electron chi connectivity index (χ4n) is 2.63. The van der Waals surface area contributed by atoms with Crippen molar-refractivity contribution in [3.05, 3.63) is 77.1 Å². The number of likely N-dealkylation sites (N-methyl/N-ethyl adjacent to an activating group) is 1. The van der Waals surface area contributed by atoms with Gasteiger partial charge in [-0.2, -0.15) is 5.12 Å². The lowest BCUT2D eigenvalue weighted by atomic mass is 9.89. The van der Waals surface area contributed by atoms with Crippen LogP contribution >= 0.6 is 0 Å². The molecule has 0 bridgehead atoms. The van der Waals surface area contributed by atoms with Crippen molar-refractivity contribution in [2.45, 2.75) is 0 Å². The number of rotatable bonds is 3. The third-order valence-corrected chi connectivity index (χ3v) is 3.70. The molecule has 116 valence electrons. The van der Waals surface area contributed by atoms with Crippen LogP contribution in [0.1, 0.15) is 20.7 Å². The maximum absolute atomic E-state index is 14.9. The molecule has 5 heteroatoms. The van der Waals surface area contributed by atoms with Gasteiger partial charge in [-0.15, -0.1) is 0 Å². The van der Waals surface area contributed by atoms with E-state index in [0.29, 0.717) is 5.56 Å². The largest absolute Gasteiger partial charge is 0.373 e. The van der Waals surface area contributed by atoms with E-state index < -0.39 is 5.78 Å². The summed E-state index contributed by atoms with van der Waals surface area (Å²) in [6.07, 6.45) is 0. The highest BCUT2D eigenvalue weighted by Gasteiger charge is 2.37. The minimum Gasteiger partial charge on any atom is -0.373 e. The van der Waals surface area contributed by atoms with Gasteiger partial charge in [0.15, 0.2) is 0 Å². The summed E-state index contributed by atoms with van der Waals surface area (Å²) in [5, 5.41) is 0.283. The van der Waals surface area contributed by atoms with E-state index in [1.165, 1.54) is 4.90 Å². The van der Waals surface area contributed by atoms with E-state index in [0.717, 1.165) is 0 Å². The monoisotopic (exact) mass is 310 g/mol. The molecule has 0 unspecified atom stereocenters. The first-order valence-electron chi connectivity index (χ1n) is 7.13. The number of allylic oxidation sites excluding steroid dienone is 2. The van der Waals surface area contributed by atoms with Crippen molar-refractivity contribution < 1.29 is 14.1 Å². The molecule has 3 rings (SSSR count). The van der Waals surface area contributed by atoms with Crippen molar-refractivity contribution >= 4 is 17.3 Å². The van der Waals surface area contributed by atoms with Gasteiger partial charge in [0.25, 0.3) is 0 Å². The van der Waals surface area contributed by atoms with Crippen LogP contribution in [0.4, 0.5) is 10.2 Å². The number of nitrogens with zero attached hydrogens (tertiary/aromatic N) is 2. The number of carbonyl (C=O) groups excluding carboxylic acids is 2. The molecule has 2 aromatic carbocycles. The van der Waals surface area contributed by atoms with Gasteiger partial charge in [0.05, 0.1) is 5.69 Å². The third-order valence-electron chi connectivity index (χ3n) is 3.70. The molecule has 0 heterocycles. The van der Waals surface area contributed by atoms with Crippen molar-refractivity contribution in [3.63, 3.8) is 0 Å². The van der Waals surface area contributed by atoms with Crippen LogP contribution in [-0.2, 0) is 0 Å². The van der Waals surface area contributed by atoms with E-state index in [9.17, 15) is 14.1 Å². The number of para-hydroxylation sites is 1. The highest BCUT2D eigenvalue weighted by molar-refractivity contribution is 6.27. The summed E-state index contributed by atoms with van der Waals surface area (Å²) in [6, 6.07) is 14.6. The molecule has 0 saturated carbocycles. The van der Waals surface area contributed by atoms with Crippen LogP contribution in [-0.4, -0.2) is 30.6 Å². The molecule has 0 amide bonds. The van der Waals surface area contributed by atoms with Gasteiger partial charge >= 0.3 is 0 Å². The number of halogens is 1. The van der Waals surface area contributed by atoms with E-state index in [4.69, 9.17) is 0 Å². The van der Waals surface area contributed by atoms with Crippen molar-refractivity contribution in [2.24, 2.45) is 0 Å². The molecule has 0 N–H and O–H groups in total. The molecule has 1 aliphatic rings. The highest BCUT2D eigenvalue weighted by atomic mass is 19.2. The van der Waals surface area contributed by atoms with Gasteiger partial charge in [0, 0.05) is 25.2 Å². The van der Waals surface area contributed by atoms with E-state index in [1.54, 1.807) is 68.7 Å². The lowest BCUT2D eigenvalue weighted by Gasteiger charge is -2.28. The Labute approximate surface area is 133 Å². The van der Waals surface area contributed by atoms with E-state index in [1.807, 2.05) is 0 Å². The zero-order valence-corrected chi connectivity index (χ0v) is 12.8. The number of anilines is 1. The predicted octanol–water partition coefficient (Wildman–Crippen LogP) is 3.23. The van der Waals surface area contributed by atoms with Gasteiger partial charge in [0.1, 0.15) is 11.4 Å². The Bertz CT molecular complexity index is 813. The summed E-state index contributed by atoms with van der Waals surface area (Å²) in [5.41, 5.74) is 0.496. The zero-order chi connectivity index (χ0) is 16.6. The minimum atomic E-state index is -0.504.